The monoisotopic (exact) mass is 471 g/mol. The molecule has 1 saturated heterocycles. The SMILES string of the molecule is Cc1ccc(CN2C(=O)[C@]3(SCCN3C(=O)Nc3ccc(C(C)C)cc3)c3ccccc32)cc1. The molecule has 174 valence electrons. The second kappa shape index (κ2) is 8.84. The highest BCUT2D eigenvalue weighted by atomic mass is 32.2. The number of para-hydroxylation sites is 1. The molecule has 3 aromatic rings. The fourth-order valence-electron chi connectivity index (χ4n) is 4.74. The van der Waals surface area contributed by atoms with Crippen molar-refractivity contribution in [3.63, 3.8) is 0 Å². The maximum atomic E-state index is 14.0. The summed E-state index contributed by atoms with van der Waals surface area (Å²) in [5.74, 6) is 1.08. The number of hydrogen-bond acceptors (Lipinski definition) is 3. The lowest BCUT2D eigenvalue weighted by Gasteiger charge is -2.33. The Hall–Kier alpha value is -3.25. The molecule has 0 unspecified atom stereocenters. The van der Waals surface area contributed by atoms with Crippen LogP contribution in [-0.4, -0.2) is 29.1 Å². The van der Waals surface area contributed by atoms with E-state index in [0.717, 1.165) is 22.5 Å². The summed E-state index contributed by atoms with van der Waals surface area (Å²) in [5, 5.41) is 3.03. The standard InChI is InChI=1S/C28H29N3O2S/c1-19(2)22-12-14-23(15-13-22)29-27(33)31-16-17-34-28(31)24-6-4-5-7-25(24)30(26(28)32)18-21-10-8-20(3)9-11-21/h4-15,19H,16-18H2,1-3H3,(H,29,33)/t28-/m1/s1. The van der Waals surface area contributed by atoms with Gasteiger partial charge < -0.3 is 10.2 Å². The van der Waals surface area contributed by atoms with Crippen LogP contribution in [0.15, 0.2) is 72.8 Å². The molecule has 5 nitrogen and oxygen atoms in total. The van der Waals surface area contributed by atoms with E-state index >= 15 is 0 Å². The van der Waals surface area contributed by atoms with E-state index in [-0.39, 0.29) is 11.9 Å². The van der Waals surface area contributed by atoms with Gasteiger partial charge in [0.05, 0.1) is 12.2 Å². The maximum Gasteiger partial charge on any atom is 0.323 e. The number of rotatable bonds is 4. The Morgan fingerprint density at radius 2 is 1.74 bits per heavy atom. The first-order valence-corrected chi connectivity index (χ1v) is 12.7. The van der Waals surface area contributed by atoms with Crippen LogP contribution < -0.4 is 10.2 Å². The van der Waals surface area contributed by atoms with Crippen molar-refractivity contribution in [3.8, 4) is 0 Å². The van der Waals surface area contributed by atoms with Crippen molar-refractivity contribution in [2.75, 3.05) is 22.5 Å². The summed E-state index contributed by atoms with van der Waals surface area (Å²) in [6.45, 7) is 7.33. The van der Waals surface area contributed by atoms with Crippen LogP contribution in [0.3, 0.4) is 0 Å². The molecule has 2 aliphatic rings. The quantitative estimate of drug-likeness (QED) is 0.500. The van der Waals surface area contributed by atoms with Gasteiger partial charge in [-0.25, -0.2) is 4.79 Å². The van der Waals surface area contributed by atoms with Gasteiger partial charge in [-0.2, -0.15) is 0 Å². The molecule has 3 aromatic carbocycles. The number of urea groups is 1. The minimum atomic E-state index is -1.04. The van der Waals surface area contributed by atoms with Gasteiger partial charge >= 0.3 is 6.03 Å². The van der Waals surface area contributed by atoms with Crippen LogP contribution in [0.5, 0.6) is 0 Å². The molecule has 0 saturated carbocycles. The van der Waals surface area contributed by atoms with E-state index in [9.17, 15) is 9.59 Å². The normalized spacial score (nSPS) is 19.2. The average molecular weight is 472 g/mol. The molecule has 0 aromatic heterocycles. The zero-order chi connectivity index (χ0) is 23.9. The number of thioether (sulfide) groups is 1. The molecule has 2 heterocycles. The van der Waals surface area contributed by atoms with E-state index in [1.54, 1.807) is 16.7 Å². The minimum absolute atomic E-state index is 0.0536. The van der Waals surface area contributed by atoms with Gasteiger partial charge in [0.2, 0.25) is 0 Å². The highest BCUT2D eigenvalue weighted by Gasteiger charge is 2.59. The summed E-state index contributed by atoms with van der Waals surface area (Å²) >= 11 is 1.55. The first-order chi connectivity index (χ1) is 16.4. The molecule has 1 atom stereocenters. The van der Waals surface area contributed by atoms with Crippen LogP contribution in [0.25, 0.3) is 0 Å². The Kier molecular flexibility index (Phi) is 5.86. The second-order valence-corrected chi connectivity index (χ2v) is 10.5. The first kappa shape index (κ1) is 22.5. The third-order valence-electron chi connectivity index (χ3n) is 6.64. The molecule has 3 amide bonds. The van der Waals surface area contributed by atoms with Crippen LogP contribution in [-0.2, 0) is 16.2 Å². The van der Waals surface area contributed by atoms with Crippen LogP contribution in [0, 0.1) is 6.92 Å². The van der Waals surface area contributed by atoms with Crippen molar-refractivity contribution in [2.45, 2.75) is 38.1 Å². The lowest BCUT2D eigenvalue weighted by molar-refractivity contribution is -0.123. The molecular weight excluding hydrogens is 442 g/mol. The van der Waals surface area contributed by atoms with Crippen molar-refractivity contribution in [1.82, 2.24) is 4.90 Å². The molecule has 1 N–H and O–H groups in total. The lowest BCUT2D eigenvalue weighted by atomic mass is 10.0. The van der Waals surface area contributed by atoms with E-state index in [0.29, 0.717) is 24.8 Å². The van der Waals surface area contributed by atoms with Crippen LogP contribution >= 0.6 is 11.8 Å². The van der Waals surface area contributed by atoms with Crippen molar-refractivity contribution < 1.29 is 9.59 Å². The van der Waals surface area contributed by atoms with Crippen molar-refractivity contribution in [1.29, 1.82) is 0 Å². The van der Waals surface area contributed by atoms with E-state index in [4.69, 9.17) is 0 Å². The van der Waals surface area contributed by atoms with Gasteiger partial charge in [0.15, 0.2) is 4.87 Å². The summed E-state index contributed by atoms with van der Waals surface area (Å²) in [4.78, 5) is 30.0. The zero-order valence-corrected chi connectivity index (χ0v) is 20.6. The van der Waals surface area contributed by atoms with Gasteiger partial charge in [0.25, 0.3) is 5.91 Å². The molecule has 2 aliphatic heterocycles. The highest BCUT2D eigenvalue weighted by molar-refractivity contribution is 8.01. The number of nitrogens with zero attached hydrogens (tertiary/aromatic N) is 2. The number of hydrogen-bond donors (Lipinski definition) is 1. The number of amides is 3. The number of benzene rings is 3. The first-order valence-electron chi connectivity index (χ1n) is 11.7. The molecule has 0 aliphatic carbocycles. The number of fused-ring (bicyclic) bond motifs is 2. The van der Waals surface area contributed by atoms with Gasteiger partial charge in [-0.15, -0.1) is 11.8 Å². The molecule has 34 heavy (non-hydrogen) atoms. The van der Waals surface area contributed by atoms with Gasteiger partial charge in [0, 0.05) is 23.5 Å². The summed E-state index contributed by atoms with van der Waals surface area (Å²) in [7, 11) is 0. The molecule has 0 radical (unpaired) electrons. The fourth-order valence-corrected chi connectivity index (χ4v) is 6.20. The number of aryl methyl sites for hydroxylation is 1. The lowest BCUT2D eigenvalue weighted by Crippen LogP contribution is -2.51. The predicted octanol–water partition coefficient (Wildman–Crippen LogP) is 6.10. The largest absolute Gasteiger partial charge is 0.323 e. The molecule has 1 fully saturated rings. The highest BCUT2D eigenvalue weighted by Crippen LogP contribution is 2.54. The molecule has 5 rings (SSSR count). The Labute approximate surface area is 205 Å². The van der Waals surface area contributed by atoms with E-state index in [2.05, 4.69) is 50.4 Å². The van der Waals surface area contributed by atoms with Gasteiger partial charge in [-0.05, 0) is 42.2 Å². The number of carbonyl (C=O) groups is 2. The average Bonchev–Trinajstić information content (AvgIpc) is 3.38. The number of nitrogens with one attached hydrogen (secondary N) is 1. The molecular formula is C28H29N3O2S. The van der Waals surface area contributed by atoms with Gasteiger partial charge in [-0.1, -0.05) is 74.0 Å². The zero-order valence-electron chi connectivity index (χ0n) is 19.7. The number of carbonyl (C=O) groups excluding carboxylic acids is 2. The van der Waals surface area contributed by atoms with Gasteiger partial charge in [-0.3, -0.25) is 9.69 Å². The smallest absolute Gasteiger partial charge is 0.308 e. The second-order valence-electron chi connectivity index (χ2n) is 9.25. The van der Waals surface area contributed by atoms with Crippen LogP contribution in [0.4, 0.5) is 16.2 Å². The van der Waals surface area contributed by atoms with E-state index in [1.165, 1.54) is 11.1 Å². The maximum absolute atomic E-state index is 14.0. The summed E-state index contributed by atoms with van der Waals surface area (Å²) in [5.41, 5.74) is 5.97. The Morgan fingerprint density at radius 3 is 2.44 bits per heavy atom. The fraction of sp³-hybridized carbons (Fsp3) is 0.286. The summed E-state index contributed by atoms with van der Waals surface area (Å²) < 4.78 is 0. The van der Waals surface area contributed by atoms with Crippen molar-refractivity contribution >= 4 is 35.1 Å². The van der Waals surface area contributed by atoms with Crippen molar-refractivity contribution in [3.05, 3.63) is 95.1 Å². The number of anilines is 2. The topological polar surface area (TPSA) is 52.7 Å². The third kappa shape index (κ3) is 3.76. The summed E-state index contributed by atoms with van der Waals surface area (Å²) in [6, 6.07) is 23.8. The van der Waals surface area contributed by atoms with Crippen LogP contribution in [0.2, 0.25) is 0 Å². The predicted molar refractivity (Wildman–Crippen MR) is 139 cm³/mol. The van der Waals surface area contributed by atoms with E-state index in [1.807, 2.05) is 53.4 Å². The molecule has 0 bridgehead atoms. The summed E-state index contributed by atoms with van der Waals surface area (Å²) in [6.07, 6.45) is 0. The van der Waals surface area contributed by atoms with E-state index < -0.39 is 4.87 Å². The third-order valence-corrected chi connectivity index (χ3v) is 8.06. The Morgan fingerprint density at radius 1 is 1.03 bits per heavy atom. The Balaban J connectivity index is 1.45. The molecule has 6 heteroatoms. The van der Waals surface area contributed by atoms with Crippen molar-refractivity contribution in [2.24, 2.45) is 0 Å². The Bertz CT molecular complexity index is 1220. The molecule has 1 spiro atoms. The van der Waals surface area contributed by atoms with Crippen LogP contribution in [0.1, 0.15) is 42.0 Å². The minimum Gasteiger partial charge on any atom is -0.308 e. The van der Waals surface area contributed by atoms with Gasteiger partial charge in [0.1, 0.15) is 0 Å².